The third kappa shape index (κ3) is 6.48. The number of nitrogens with zero attached hydrogens (tertiary/aromatic N) is 1. The first-order chi connectivity index (χ1) is 12.8. The van der Waals surface area contributed by atoms with Gasteiger partial charge in [-0.1, -0.05) is 0 Å². The Bertz CT molecular complexity index is 645. The molecule has 1 atom stereocenters. The van der Waals surface area contributed by atoms with E-state index in [2.05, 4.69) is 20.1 Å². The fraction of sp³-hybridized carbons (Fsp3) is 0.588. The molecule has 0 aromatic carbocycles. The number of carbonyl (C=O) groups excluding carboxylic acids is 2. The van der Waals surface area contributed by atoms with Crippen molar-refractivity contribution in [3.05, 3.63) is 30.1 Å². The molecule has 0 saturated carbocycles. The van der Waals surface area contributed by atoms with E-state index in [1.54, 1.807) is 12.4 Å². The van der Waals surface area contributed by atoms with Crippen molar-refractivity contribution in [3.63, 3.8) is 0 Å². The zero-order chi connectivity index (χ0) is 19.9. The van der Waals surface area contributed by atoms with Crippen molar-refractivity contribution in [2.75, 3.05) is 26.8 Å². The molecule has 1 saturated heterocycles. The van der Waals surface area contributed by atoms with Crippen LogP contribution in [-0.4, -0.2) is 54.7 Å². The van der Waals surface area contributed by atoms with Gasteiger partial charge in [-0.2, -0.15) is 0 Å². The molecular formula is C17H28N3O6P. The number of esters is 1. The Morgan fingerprint density at radius 1 is 1.37 bits per heavy atom. The summed E-state index contributed by atoms with van der Waals surface area (Å²) in [7, 11) is -2.40. The molecule has 27 heavy (non-hydrogen) atoms. The summed E-state index contributed by atoms with van der Waals surface area (Å²) in [5.74, 6) is -0.805. The molecule has 0 radical (unpaired) electrons. The third-order valence-corrected chi connectivity index (χ3v) is 6.02. The van der Waals surface area contributed by atoms with Crippen LogP contribution in [0.25, 0.3) is 0 Å². The molecule has 1 amide bonds. The van der Waals surface area contributed by atoms with Crippen LogP contribution in [0.4, 0.5) is 0 Å². The molecule has 10 heteroatoms. The molecule has 2 heterocycles. The summed E-state index contributed by atoms with van der Waals surface area (Å²) in [6.07, 6.45) is 3.23. The Balaban J connectivity index is 1.89. The predicted octanol–water partition coefficient (Wildman–Crippen LogP) is 0.737. The molecule has 2 rings (SSSR count). The number of hydrogen-bond donors (Lipinski definition) is 3. The average molecular weight is 401 g/mol. The average Bonchev–Trinajstić information content (AvgIpc) is 2.64. The van der Waals surface area contributed by atoms with Crippen LogP contribution in [0.3, 0.4) is 0 Å². The molecule has 1 aromatic heterocycles. The van der Waals surface area contributed by atoms with Crippen LogP contribution >= 0.6 is 8.09 Å². The van der Waals surface area contributed by atoms with Crippen LogP contribution < -0.4 is 10.4 Å². The first-order valence-electron chi connectivity index (χ1n) is 8.78. The SMILES string of the molecule is COC(=O)CCNC(=O)[C@@H]1O[PH](O)(NCCc2ccncc2)OCC1(C)C. The number of nitrogens with one attached hydrogen (secondary N) is 2. The summed E-state index contributed by atoms with van der Waals surface area (Å²) in [4.78, 5) is 38.3. The van der Waals surface area contributed by atoms with Crippen molar-refractivity contribution in [2.45, 2.75) is 32.8 Å². The van der Waals surface area contributed by atoms with E-state index in [-0.39, 0.29) is 19.6 Å². The first kappa shape index (κ1) is 21.7. The van der Waals surface area contributed by atoms with Gasteiger partial charge in [-0.05, 0) is 0 Å². The van der Waals surface area contributed by atoms with E-state index in [4.69, 9.17) is 9.05 Å². The van der Waals surface area contributed by atoms with Crippen molar-refractivity contribution in [3.8, 4) is 0 Å². The molecule has 0 unspecified atom stereocenters. The standard InChI is InChI=1S/C17H28N3O6P/c1-17(2)12-25-27(23,20-11-6-13-4-8-18-9-5-13)26-15(17)16(22)19-10-7-14(21)24-3/h4-5,8-9,15,20,23,27H,6-7,10-12H2,1-3H3,(H,19,22)/t15-/m0/s1. The van der Waals surface area contributed by atoms with E-state index >= 15 is 0 Å². The topological polar surface area (TPSA) is 119 Å². The van der Waals surface area contributed by atoms with Gasteiger partial charge in [-0.15, -0.1) is 0 Å². The quantitative estimate of drug-likeness (QED) is 0.431. The van der Waals surface area contributed by atoms with E-state index in [0.29, 0.717) is 13.0 Å². The van der Waals surface area contributed by atoms with Gasteiger partial charge in [0.25, 0.3) is 0 Å². The van der Waals surface area contributed by atoms with Crippen LogP contribution in [0.1, 0.15) is 25.8 Å². The Morgan fingerprint density at radius 3 is 2.74 bits per heavy atom. The van der Waals surface area contributed by atoms with Gasteiger partial charge < -0.3 is 0 Å². The summed E-state index contributed by atoms with van der Waals surface area (Å²) >= 11 is 0. The minimum absolute atomic E-state index is 0.0672. The van der Waals surface area contributed by atoms with Crippen LogP contribution in [0, 0.1) is 5.41 Å². The van der Waals surface area contributed by atoms with Crippen LogP contribution in [0.15, 0.2) is 24.5 Å². The molecular weight excluding hydrogens is 373 g/mol. The van der Waals surface area contributed by atoms with Crippen molar-refractivity contribution in [2.24, 2.45) is 5.41 Å². The van der Waals surface area contributed by atoms with Gasteiger partial charge >= 0.3 is 159 Å². The van der Waals surface area contributed by atoms with Gasteiger partial charge in [0.15, 0.2) is 0 Å². The van der Waals surface area contributed by atoms with Gasteiger partial charge in [-0.25, -0.2) is 0 Å². The van der Waals surface area contributed by atoms with Gasteiger partial charge in [0.1, 0.15) is 0 Å². The molecule has 1 aliphatic heterocycles. The predicted molar refractivity (Wildman–Crippen MR) is 101 cm³/mol. The summed E-state index contributed by atoms with van der Waals surface area (Å²) < 4.78 is 15.8. The van der Waals surface area contributed by atoms with Crippen molar-refractivity contribution < 1.29 is 28.3 Å². The van der Waals surface area contributed by atoms with E-state index < -0.39 is 31.5 Å². The second-order valence-electron chi connectivity index (χ2n) is 7.01. The van der Waals surface area contributed by atoms with Gasteiger partial charge in [0.05, 0.1) is 0 Å². The van der Waals surface area contributed by atoms with E-state index in [1.807, 2.05) is 26.0 Å². The molecule has 1 aliphatic rings. The molecule has 1 aromatic rings. The summed E-state index contributed by atoms with van der Waals surface area (Å²) in [6, 6.07) is 3.77. The molecule has 152 valence electrons. The zero-order valence-corrected chi connectivity index (χ0v) is 16.9. The van der Waals surface area contributed by atoms with E-state index in [0.717, 1.165) is 5.56 Å². The number of ether oxygens (including phenoxy) is 1. The fourth-order valence-electron chi connectivity index (χ4n) is 2.61. The summed E-state index contributed by atoms with van der Waals surface area (Å²) in [6.45, 7) is 4.39. The normalized spacial score (nSPS) is 21.9. The molecule has 1 fully saturated rings. The van der Waals surface area contributed by atoms with Crippen molar-refractivity contribution >= 4 is 20.0 Å². The fourth-order valence-corrected chi connectivity index (χ4v) is 4.62. The number of methoxy groups -OCH3 is 1. The van der Waals surface area contributed by atoms with E-state index in [9.17, 15) is 14.5 Å². The Hall–Kier alpha value is -1.64. The first-order valence-corrected chi connectivity index (χ1v) is 10.5. The monoisotopic (exact) mass is 401 g/mol. The number of hydrogen-bond acceptors (Lipinski definition) is 8. The summed E-state index contributed by atoms with van der Waals surface area (Å²) in [5, 5.41) is 5.58. The number of aromatic nitrogens is 1. The maximum atomic E-state index is 12.5. The van der Waals surface area contributed by atoms with Crippen molar-refractivity contribution in [1.82, 2.24) is 15.4 Å². The zero-order valence-electron chi connectivity index (χ0n) is 15.9. The van der Waals surface area contributed by atoms with Crippen LogP contribution in [0.5, 0.6) is 0 Å². The van der Waals surface area contributed by atoms with Gasteiger partial charge in [0.2, 0.25) is 0 Å². The molecule has 9 nitrogen and oxygen atoms in total. The molecule has 3 N–H and O–H groups in total. The number of pyridine rings is 1. The van der Waals surface area contributed by atoms with Crippen LogP contribution in [0.2, 0.25) is 0 Å². The van der Waals surface area contributed by atoms with E-state index in [1.165, 1.54) is 7.11 Å². The number of carbonyl (C=O) groups is 2. The molecule has 0 bridgehead atoms. The Labute approximate surface area is 159 Å². The van der Waals surface area contributed by atoms with Gasteiger partial charge in [0, 0.05) is 0 Å². The number of rotatable bonds is 8. The second kappa shape index (κ2) is 9.52. The van der Waals surface area contributed by atoms with Crippen LogP contribution in [-0.2, 0) is 29.8 Å². The maximum absolute atomic E-state index is 12.5. The molecule has 0 spiro atoms. The number of amides is 1. The minimum atomic E-state index is -3.69. The Morgan fingerprint density at radius 2 is 2.07 bits per heavy atom. The van der Waals surface area contributed by atoms with Crippen molar-refractivity contribution in [1.29, 1.82) is 0 Å². The second-order valence-corrected chi connectivity index (χ2v) is 9.05. The Kier molecular flexibility index (Phi) is 7.64. The summed E-state index contributed by atoms with van der Waals surface area (Å²) in [5.41, 5.74) is 0.435. The molecule has 0 aliphatic carbocycles. The van der Waals surface area contributed by atoms with Gasteiger partial charge in [-0.3, -0.25) is 0 Å². The third-order valence-electron chi connectivity index (χ3n) is 4.23.